The first-order valence-electron chi connectivity index (χ1n) is 8.31. The Bertz CT molecular complexity index is 586. The van der Waals surface area contributed by atoms with Gasteiger partial charge in [0, 0.05) is 17.3 Å². The van der Waals surface area contributed by atoms with Crippen molar-refractivity contribution in [3.8, 4) is 0 Å². The Balaban J connectivity index is 1.90. The second-order valence-electron chi connectivity index (χ2n) is 5.45. The number of rotatable bonds is 10. The zero-order valence-electron chi connectivity index (χ0n) is 14.0. The Morgan fingerprint density at radius 3 is 2.38 bits per heavy atom. The lowest BCUT2D eigenvalue weighted by molar-refractivity contribution is 0.00324. The third-order valence-electron chi connectivity index (χ3n) is 3.41. The van der Waals surface area contributed by atoms with Gasteiger partial charge in [0.25, 0.3) is 0 Å². The summed E-state index contributed by atoms with van der Waals surface area (Å²) in [6.07, 6.45) is 1.85. The minimum absolute atomic E-state index is 0.264. The summed E-state index contributed by atoms with van der Waals surface area (Å²) >= 11 is 1.67. The largest absolute Gasteiger partial charge is 0.455 e. The number of carbonyl (C=O) groups is 1. The fourth-order valence-corrected chi connectivity index (χ4v) is 2.97. The molecule has 0 aliphatic carbocycles. The van der Waals surface area contributed by atoms with E-state index in [9.17, 15) is 4.79 Å². The SMILES string of the molecule is CCCCOCC(CSc1ccccc1)OC(=O)c1ccccc1. The van der Waals surface area contributed by atoms with Gasteiger partial charge in [0.1, 0.15) is 6.10 Å². The van der Waals surface area contributed by atoms with Crippen LogP contribution in [0.3, 0.4) is 0 Å². The van der Waals surface area contributed by atoms with E-state index in [1.807, 2.05) is 36.4 Å². The molecule has 0 spiro atoms. The molecule has 3 nitrogen and oxygen atoms in total. The number of carbonyl (C=O) groups excluding carboxylic acids is 1. The molecule has 0 bridgehead atoms. The molecule has 2 rings (SSSR count). The van der Waals surface area contributed by atoms with E-state index in [1.54, 1.807) is 23.9 Å². The van der Waals surface area contributed by atoms with Crippen molar-refractivity contribution in [3.63, 3.8) is 0 Å². The number of hydrogen-bond donors (Lipinski definition) is 0. The summed E-state index contributed by atoms with van der Waals surface area (Å²) in [5.74, 6) is 0.377. The van der Waals surface area contributed by atoms with Gasteiger partial charge in [0.2, 0.25) is 0 Å². The van der Waals surface area contributed by atoms with Crippen molar-refractivity contribution in [1.29, 1.82) is 0 Å². The van der Waals surface area contributed by atoms with Crippen LogP contribution in [0.5, 0.6) is 0 Å². The van der Waals surface area contributed by atoms with Crippen LogP contribution in [0.15, 0.2) is 65.6 Å². The Kier molecular flexibility index (Phi) is 8.42. The van der Waals surface area contributed by atoms with Crippen LogP contribution in [-0.2, 0) is 9.47 Å². The van der Waals surface area contributed by atoms with Crippen molar-refractivity contribution in [2.75, 3.05) is 19.0 Å². The summed E-state index contributed by atoms with van der Waals surface area (Å²) in [5, 5.41) is 0. The molecular formula is C20H24O3S. The van der Waals surface area contributed by atoms with Crippen molar-refractivity contribution in [2.45, 2.75) is 30.8 Å². The van der Waals surface area contributed by atoms with Crippen LogP contribution < -0.4 is 0 Å². The van der Waals surface area contributed by atoms with Gasteiger partial charge in [0.15, 0.2) is 0 Å². The van der Waals surface area contributed by atoms with Gasteiger partial charge in [-0.3, -0.25) is 0 Å². The standard InChI is InChI=1S/C20H24O3S/c1-2-3-14-22-15-18(16-24-19-12-8-5-9-13-19)23-20(21)17-10-6-4-7-11-17/h4-13,18H,2-3,14-16H2,1H3. The number of unbranched alkanes of at least 4 members (excludes halogenated alkanes) is 1. The molecule has 0 fully saturated rings. The number of ether oxygens (including phenoxy) is 2. The van der Waals surface area contributed by atoms with Crippen molar-refractivity contribution in [1.82, 2.24) is 0 Å². The van der Waals surface area contributed by atoms with E-state index in [2.05, 4.69) is 19.1 Å². The lowest BCUT2D eigenvalue weighted by Crippen LogP contribution is -2.26. The topological polar surface area (TPSA) is 35.5 Å². The van der Waals surface area contributed by atoms with Crippen molar-refractivity contribution < 1.29 is 14.3 Å². The van der Waals surface area contributed by atoms with Crippen LogP contribution in [0, 0.1) is 0 Å². The van der Waals surface area contributed by atoms with E-state index < -0.39 is 0 Å². The van der Waals surface area contributed by atoms with Gasteiger partial charge in [-0.15, -0.1) is 11.8 Å². The van der Waals surface area contributed by atoms with E-state index in [-0.39, 0.29) is 12.1 Å². The minimum Gasteiger partial charge on any atom is -0.455 e. The third-order valence-corrected chi connectivity index (χ3v) is 4.55. The van der Waals surface area contributed by atoms with E-state index >= 15 is 0 Å². The van der Waals surface area contributed by atoms with E-state index in [4.69, 9.17) is 9.47 Å². The average molecular weight is 344 g/mol. The van der Waals surface area contributed by atoms with Crippen LogP contribution in [0.2, 0.25) is 0 Å². The molecule has 0 aromatic heterocycles. The smallest absolute Gasteiger partial charge is 0.338 e. The molecule has 24 heavy (non-hydrogen) atoms. The molecule has 0 heterocycles. The maximum Gasteiger partial charge on any atom is 0.338 e. The summed E-state index contributed by atoms with van der Waals surface area (Å²) in [6, 6.07) is 19.2. The molecule has 0 aliphatic rings. The van der Waals surface area contributed by atoms with Gasteiger partial charge in [-0.25, -0.2) is 4.79 Å². The molecule has 0 amide bonds. The van der Waals surface area contributed by atoms with Crippen LogP contribution in [0.25, 0.3) is 0 Å². The van der Waals surface area contributed by atoms with Gasteiger partial charge >= 0.3 is 5.97 Å². The third kappa shape index (κ3) is 6.77. The van der Waals surface area contributed by atoms with Gasteiger partial charge in [-0.2, -0.15) is 0 Å². The summed E-state index contributed by atoms with van der Waals surface area (Å²) in [5.41, 5.74) is 0.570. The molecule has 1 unspecified atom stereocenters. The highest BCUT2D eigenvalue weighted by atomic mass is 32.2. The minimum atomic E-state index is -0.298. The molecule has 0 aliphatic heterocycles. The Hall–Kier alpha value is -1.78. The molecule has 2 aromatic rings. The fraction of sp³-hybridized carbons (Fsp3) is 0.350. The predicted molar refractivity (Wildman–Crippen MR) is 98.5 cm³/mol. The van der Waals surface area contributed by atoms with Gasteiger partial charge in [-0.1, -0.05) is 49.7 Å². The second kappa shape index (κ2) is 10.9. The van der Waals surface area contributed by atoms with Crippen LogP contribution in [0.4, 0.5) is 0 Å². The number of benzene rings is 2. The molecular weight excluding hydrogens is 320 g/mol. The highest BCUT2D eigenvalue weighted by Gasteiger charge is 2.16. The van der Waals surface area contributed by atoms with Crippen LogP contribution in [0.1, 0.15) is 30.1 Å². The Morgan fingerprint density at radius 1 is 1.04 bits per heavy atom. The molecule has 0 N–H and O–H groups in total. The average Bonchev–Trinajstić information content (AvgIpc) is 2.64. The summed E-state index contributed by atoms with van der Waals surface area (Å²) in [7, 11) is 0. The zero-order chi connectivity index (χ0) is 17.0. The number of esters is 1. The maximum absolute atomic E-state index is 12.3. The van der Waals surface area contributed by atoms with Crippen molar-refractivity contribution in [3.05, 3.63) is 66.2 Å². The monoisotopic (exact) mass is 344 g/mol. The molecule has 0 saturated heterocycles. The fourth-order valence-electron chi connectivity index (χ4n) is 2.08. The molecule has 128 valence electrons. The first kappa shape index (κ1) is 18.6. The maximum atomic E-state index is 12.3. The van der Waals surface area contributed by atoms with Gasteiger partial charge in [0.05, 0.1) is 12.2 Å². The lowest BCUT2D eigenvalue weighted by atomic mass is 10.2. The normalized spacial score (nSPS) is 11.9. The Morgan fingerprint density at radius 2 is 1.71 bits per heavy atom. The highest BCUT2D eigenvalue weighted by Crippen LogP contribution is 2.20. The molecule has 2 aromatic carbocycles. The second-order valence-corrected chi connectivity index (χ2v) is 6.54. The lowest BCUT2D eigenvalue weighted by Gasteiger charge is -2.18. The van der Waals surface area contributed by atoms with E-state index in [0.29, 0.717) is 24.5 Å². The van der Waals surface area contributed by atoms with Crippen molar-refractivity contribution >= 4 is 17.7 Å². The number of hydrogen-bond acceptors (Lipinski definition) is 4. The van der Waals surface area contributed by atoms with E-state index in [0.717, 1.165) is 17.7 Å². The first-order valence-corrected chi connectivity index (χ1v) is 9.29. The summed E-state index contributed by atoms with van der Waals surface area (Å²) < 4.78 is 11.3. The molecule has 0 radical (unpaired) electrons. The molecule has 1 atom stereocenters. The molecule has 4 heteroatoms. The first-order chi connectivity index (χ1) is 11.8. The van der Waals surface area contributed by atoms with E-state index in [1.165, 1.54) is 0 Å². The Labute approximate surface area is 148 Å². The molecule has 0 saturated carbocycles. The van der Waals surface area contributed by atoms with Crippen LogP contribution in [-0.4, -0.2) is 31.0 Å². The van der Waals surface area contributed by atoms with Crippen LogP contribution >= 0.6 is 11.8 Å². The van der Waals surface area contributed by atoms with Gasteiger partial charge < -0.3 is 9.47 Å². The number of thioether (sulfide) groups is 1. The zero-order valence-corrected chi connectivity index (χ0v) is 14.8. The highest BCUT2D eigenvalue weighted by molar-refractivity contribution is 7.99. The van der Waals surface area contributed by atoms with Crippen molar-refractivity contribution in [2.24, 2.45) is 0 Å². The predicted octanol–water partition coefficient (Wildman–Crippen LogP) is 4.82. The summed E-state index contributed by atoms with van der Waals surface area (Å²) in [6.45, 7) is 3.26. The quantitative estimate of drug-likeness (QED) is 0.352. The van der Waals surface area contributed by atoms with Gasteiger partial charge in [-0.05, 0) is 30.7 Å². The summed E-state index contributed by atoms with van der Waals surface area (Å²) in [4.78, 5) is 13.4.